The summed E-state index contributed by atoms with van der Waals surface area (Å²) in [6.45, 7) is 8.45. The van der Waals surface area contributed by atoms with E-state index in [-0.39, 0.29) is 6.10 Å². The van der Waals surface area contributed by atoms with Gasteiger partial charge in [0, 0.05) is 24.1 Å². The van der Waals surface area contributed by atoms with E-state index in [0.717, 1.165) is 31.0 Å². The molecule has 19 heavy (non-hydrogen) atoms. The highest BCUT2D eigenvalue weighted by Crippen LogP contribution is 2.34. The van der Waals surface area contributed by atoms with E-state index in [1.54, 1.807) is 7.11 Å². The van der Waals surface area contributed by atoms with Crippen molar-refractivity contribution in [3.05, 3.63) is 23.3 Å². The van der Waals surface area contributed by atoms with Crippen molar-refractivity contribution in [1.82, 2.24) is 5.32 Å². The predicted molar refractivity (Wildman–Crippen MR) is 77.9 cm³/mol. The van der Waals surface area contributed by atoms with Crippen molar-refractivity contribution in [2.45, 2.75) is 46.3 Å². The fraction of sp³-hybridized carbons (Fsp3) is 0.625. The largest absolute Gasteiger partial charge is 0.496 e. The van der Waals surface area contributed by atoms with E-state index in [9.17, 15) is 0 Å². The maximum Gasteiger partial charge on any atom is 0.123 e. The Balaban J connectivity index is 2.05. The van der Waals surface area contributed by atoms with Crippen molar-refractivity contribution < 1.29 is 9.47 Å². The topological polar surface area (TPSA) is 30.5 Å². The zero-order valence-corrected chi connectivity index (χ0v) is 12.5. The number of hydrogen-bond donors (Lipinski definition) is 1. The number of hydrogen-bond acceptors (Lipinski definition) is 3. The molecule has 0 radical (unpaired) electrons. The third-order valence-electron chi connectivity index (χ3n) is 3.80. The summed E-state index contributed by atoms with van der Waals surface area (Å²) >= 11 is 0. The fourth-order valence-electron chi connectivity index (χ4n) is 2.41. The lowest BCUT2D eigenvalue weighted by atomic mass is 10.1. The molecule has 1 aromatic carbocycles. The van der Waals surface area contributed by atoms with Gasteiger partial charge >= 0.3 is 0 Å². The molecule has 2 rings (SSSR count). The monoisotopic (exact) mass is 263 g/mol. The molecule has 1 aliphatic heterocycles. The molecule has 0 aromatic heterocycles. The average molecular weight is 263 g/mol. The van der Waals surface area contributed by atoms with Crippen LogP contribution in [0.1, 0.15) is 38.3 Å². The Morgan fingerprint density at radius 3 is 2.95 bits per heavy atom. The lowest BCUT2D eigenvalue weighted by molar-refractivity contribution is 0.254. The van der Waals surface area contributed by atoms with Crippen LogP contribution in [-0.2, 0) is 13.0 Å². The van der Waals surface area contributed by atoms with Gasteiger partial charge in [0.15, 0.2) is 0 Å². The van der Waals surface area contributed by atoms with E-state index in [1.165, 1.54) is 17.5 Å². The van der Waals surface area contributed by atoms with Crippen molar-refractivity contribution in [1.29, 1.82) is 0 Å². The molecule has 3 heteroatoms. The highest BCUT2D eigenvalue weighted by Gasteiger charge is 2.21. The minimum Gasteiger partial charge on any atom is -0.496 e. The first kappa shape index (κ1) is 14.2. The normalized spacial score (nSPS) is 18.8. The molecule has 0 fully saturated rings. The molecular formula is C16H25NO2. The fourth-order valence-corrected chi connectivity index (χ4v) is 2.41. The molecule has 1 N–H and O–H groups in total. The van der Waals surface area contributed by atoms with Gasteiger partial charge in [0.25, 0.3) is 0 Å². The van der Waals surface area contributed by atoms with Gasteiger partial charge in [-0.2, -0.15) is 0 Å². The Labute approximate surface area is 116 Å². The average Bonchev–Trinajstić information content (AvgIpc) is 2.76. The Morgan fingerprint density at radius 1 is 1.47 bits per heavy atom. The summed E-state index contributed by atoms with van der Waals surface area (Å²) in [7, 11) is 1.74. The summed E-state index contributed by atoms with van der Waals surface area (Å²) in [6.07, 6.45) is 2.46. The molecule has 1 heterocycles. The molecule has 1 aromatic rings. The molecule has 0 amide bonds. The van der Waals surface area contributed by atoms with Crippen LogP contribution in [0.25, 0.3) is 0 Å². The maximum absolute atomic E-state index is 5.81. The minimum absolute atomic E-state index is 0.281. The van der Waals surface area contributed by atoms with Gasteiger partial charge in [-0.3, -0.25) is 0 Å². The number of ether oxygens (including phenoxy) is 2. The standard InChI is InChI=1S/C16H25NO2/c1-5-11(2)9-17-10-14-8-16-13(6-12(3)19-16)7-15(14)18-4/h7-8,11-12,17H,5-6,9-10H2,1-4H3. The van der Waals surface area contributed by atoms with E-state index >= 15 is 0 Å². The number of rotatable bonds is 6. The van der Waals surface area contributed by atoms with E-state index in [1.807, 2.05) is 0 Å². The van der Waals surface area contributed by atoms with Crippen molar-refractivity contribution in [3.63, 3.8) is 0 Å². The number of fused-ring (bicyclic) bond motifs is 1. The van der Waals surface area contributed by atoms with Crippen molar-refractivity contribution in [2.24, 2.45) is 5.92 Å². The Kier molecular flexibility index (Phi) is 4.70. The van der Waals surface area contributed by atoms with Crippen LogP contribution in [-0.4, -0.2) is 19.8 Å². The smallest absolute Gasteiger partial charge is 0.123 e. The number of nitrogens with one attached hydrogen (secondary N) is 1. The summed E-state index contributed by atoms with van der Waals surface area (Å²) in [5.41, 5.74) is 2.44. The molecule has 0 spiro atoms. The van der Waals surface area contributed by atoms with Gasteiger partial charge in [0.1, 0.15) is 17.6 Å². The predicted octanol–water partition coefficient (Wildman–Crippen LogP) is 3.15. The highest BCUT2D eigenvalue weighted by molar-refractivity contribution is 5.48. The van der Waals surface area contributed by atoms with Crippen LogP contribution in [0, 0.1) is 5.92 Å². The molecule has 2 unspecified atom stereocenters. The first-order chi connectivity index (χ1) is 9.13. The zero-order chi connectivity index (χ0) is 13.8. The van der Waals surface area contributed by atoms with Gasteiger partial charge in [0.2, 0.25) is 0 Å². The molecule has 0 bridgehead atoms. The molecule has 0 aliphatic carbocycles. The molecular weight excluding hydrogens is 238 g/mol. The third-order valence-corrected chi connectivity index (χ3v) is 3.80. The van der Waals surface area contributed by atoms with Crippen molar-refractivity contribution in [2.75, 3.05) is 13.7 Å². The van der Waals surface area contributed by atoms with Crippen LogP contribution in [0.5, 0.6) is 11.5 Å². The first-order valence-corrected chi connectivity index (χ1v) is 7.21. The molecule has 0 saturated heterocycles. The van der Waals surface area contributed by atoms with Crippen molar-refractivity contribution in [3.8, 4) is 11.5 Å². The Morgan fingerprint density at radius 2 is 2.26 bits per heavy atom. The lowest BCUT2D eigenvalue weighted by Gasteiger charge is -2.14. The molecule has 2 atom stereocenters. The SMILES string of the molecule is CCC(C)CNCc1cc2c(cc1OC)CC(C)O2. The van der Waals surface area contributed by atoms with Crippen LogP contribution < -0.4 is 14.8 Å². The molecule has 0 saturated carbocycles. The second-order valence-electron chi connectivity index (χ2n) is 5.55. The van der Waals surface area contributed by atoms with E-state index < -0.39 is 0 Å². The van der Waals surface area contributed by atoms with E-state index in [2.05, 4.69) is 38.2 Å². The second-order valence-corrected chi connectivity index (χ2v) is 5.55. The minimum atomic E-state index is 0.281. The summed E-state index contributed by atoms with van der Waals surface area (Å²) in [5.74, 6) is 2.69. The van der Waals surface area contributed by atoms with Gasteiger partial charge in [0.05, 0.1) is 7.11 Å². The Bertz CT molecular complexity index is 431. The molecule has 3 nitrogen and oxygen atoms in total. The molecule has 106 valence electrons. The second kappa shape index (κ2) is 6.29. The summed E-state index contributed by atoms with van der Waals surface area (Å²) in [6, 6.07) is 4.25. The van der Waals surface area contributed by atoms with Crippen LogP contribution in [0.3, 0.4) is 0 Å². The van der Waals surface area contributed by atoms with Gasteiger partial charge in [-0.05, 0) is 31.5 Å². The van der Waals surface area contributed by atoms with Crippen LogP contribution in [0.4, 0.5) is 0 Å². The number of benzene rings is 1. The van der Waals surface area contributed by atoms with Gasteiger partial charge in [-0.15, -0.1) is 0 Å². The van der Waals surface area contributed by atoms with E-state index in [0.29, 0.717) is 5.92 Å². The van der Waals surface area contributed by atoms with E-state index in [4.69, 9.17) is 9.47 Å². The highest BCUT2D eigenvalue weighted by atomic mass is 16.5. The summed E-state index contributed by atoms with van der Waals surface area (Å²) < 4.78 is 11.3. The Hall–Kier alpha value is -1.22. The van der Waals surface area contributed by atoms with Crippen LogP contribution in [0.2, 0.25) is 0 Å². The van der Waals surface area contributed by atoms with Gasteiger partial charge in [-0.25, -0.2) is 0 Å². The lowest BCUT2D eigenvalue weighted by Crippen LogP contribution is -2.20. The third kappa shape index (κ3) is 3.41. The number of methoxy groups -OCH3 is 1. The quantitative estimate of drug-likeness (QED) is 0.855. The van der Waals surface area contributed by atoms with Crippen molar-refractivity contribution >= 4 is 0 Å². The first-order valence-electron chi connectivity index (χ1n) is 7.21. The molecule has 1 aliphatic rings. The summed E-state index contributed by atoms with van der Waals surface area (Å²) in [4.78, 5) is 0. The summed E-state index contributed by atoms with van der Waals surface area (Å²) in [5, 5.41) is 3.49. The maximum atomic E-state index is 5.81. The van der Waals surface area contributed by atoms with Gasteiger partial charge < -0.3 is 14.8 Å². The van der Waals surface area contributed by atoms with Gasteiger partial charge in [-0.1, -0.05) is 20.3 Å². The van der Waals surface area contributed by atoms with Crippen LogP contribution in [0.15, 0.2) is 12.1 Å². The van der Waals surface area contributed by atoms with Crippen LogP contribution >= 0.6 is 0 Å². The zero-order valence-electron chi connectivity index (χ0n) is 12.5.